The van der Waals surface area contributed by atoms with Gasteiger partial charge in [0.15, 0.2) is 0 Å². The lowest BCUT2D eigenvalue weighted by molar-refractivity contribution is -0.386. The van der Waals surface area contributed by atoms with Crippen molar-refractivity contribution < 1.29 is 19.2 Å². The Kier molecular flexibility index (Phi) is 6.81. The smallest absolute Gasteiger partial charge is 0.312 e. The molecule has 1 aliphatic heterocycles. The fourth-order valence-corrected chi connectivity index (χ4v) is 4.27. The Labute approximate surface area is 202 Å². The lowest BCUT2D eigenvalue weighted by Crippen LogP contribution is -2.50. The average molecular weight is 478 g/mol. The highest BCUT2D eigenvalue weighted by molar-refractivity contribution is 5.96. The summed E-state index contributed by atoms with van der Waals surface area (Å²) in [6, 6.07) is 14.2. The maximum Gasteiger partial charge on any atom is 0.312 e. The molecule has 10 heteroatoms. The monoisotopic (exact) mass is 477 g/mol. The summed E-state index contributed by atoms with van der Waals surface area (Å²) >= 11 is 0. The normalized spacial score (nSPS) is 13.6. The van der Waals surface area contributed by atoms with Crippen LogP contribution in [0.2, 0.25) is 0 Å². The van der Waals surface area contributed by atoms with Crippen LogP contribution in [0.4, 0.5) is 5.69 Å². The Morgan fingerprint density at radius 2 is 1.57 bits per heavy atom. The van der Waals surface area contributed by atoms with E-state index in [0.29, 0.717) is 61.0 Å². The molecule has 0 aliphatic carbocycles. The van der Waals surface area contributed by atoms with E-state index in [2.05, 4.69) is 5.10 Å². The Morgan fingerprint density at radius 1 is 0.971 bits per heavy atom. The third-order valence-corrected chi connectivity index (χ3v) is 6.23. The fraction of sp³-hybridized carbons (Fsp3) is 0.320. The quantitative estimate of drug-likeness (QED) is 0.399. The van der Waals surface area contributed by atoms with Crippen LogP contribution in [0, 0.1) is 24.0 Å². The summed E-state index contributed by atoms with van der Waals surface area (Å²) in [5.74, 6) is 0.459. The van der Waals surface area contributed by atoms with Gasteiger partial charge in [0.2, 0.25) is 0 Å². The van der Waals surface area contributed by atoms with Gasteiger partial charge in [0.1, 0.15) is 17.1 Å². The zero-order chi connectivity index (χ0) is 25.1. The summed E-state index contributed by atoms with van der Waals surface area (Å²) in [6.45, 7) is 5.48. The Bertz CT molecular complexity index is 1260. The topological polar surface area (TPSA) is 111 Å². The van der Waals surface area contributed by atoms with Crippen LogP contribution in [0.3, 0.4) is 0 Å². The van der Waals surface area contributed by atoms with Crippen LogP contribution in [0.5, 0.6) is 5.75 Å². The van der Waals surface area contributed by atoms with Crippen molar-refractivity contribution in [3.8, 4) is 5.75 Å². The van der Waals surface area contributed by atoms with Crippen molar-refractivity contribution in [2.24, 2.45) is 0 Å². The number of piperazine rings is 1. The third kappa shape index (κ3) is 5.01. The molecule has 1 aliphatic rings. The van der Waals surface area contributed by atoms with Crippen molar-refractivity contribution in [2.45, 2.75) is 20.4 Å². The molecule has 0 radical (unpaired) electrons. The number of rotatable bonds is 6. The van der Waals surface area contributed by atoms with E-state index in [4.69, 9.17) is 4.74 Å². The van der Waals surface area contributed by atoms with E-state index in [1.54, 1.807) is 71.8 Å². The summed E-state index contributed by atoms with van der Waals surface area (Å²) in [6.07, 6.45) is 0. The van der Waals surface area contributed by atoms with Crippen LogP contribution >= 0.6 is 0 Å². The number of ether oxygens (including phenoxy) is 1. The van der Waals surface area contributed by atoms with Crippen LogP contribution in [0.15, 0.2) is 48.5 Å². The first-order valence-corrected chi connectivity index (χ1v) is 11.3. The molecular weight excluding hydrogens is 450 g/mol. The van der Waals surface area contributed by atoms with Gasteiger partial charge in [-0.05, 0) is 49.7 Å². The molecule has 2 aromatic carbocycles. The Morgan fingerprint density at radius 3 is 2.11 bits per heavy atom. The van der Waals surface area contributed by atoms with E-state index in [0.717, 1.165) is 5.56 Å². The highest BCUT2D eigenvalue weighted by Gasteiger charge is 2.26. The SMILES string of the molecule is COc1cccc(C(=O)N2CCN(C(=O)c3ccc(Cn4nc(C)c([N+](=O)[O-])c4C)cc3)CC2)c1. The standard InChI is InChI=1S/C25H27N5O5/c1-17-23(30(33)34)18(2)29(26-17)16-19-7-9-20(10-8-19)24(31)27-11-13-28(14-12-27)25(32)21-5-4-6-22(15-21)35-3/h4-10,15H,11-14,16H2,1-3H3. The van der Waals surface area contributed by atoms with Crippen LogP contribution in [0.1, 0.15) is 37.7 Å². The van der Waals surface area contributed by atoms with Gasteiger partial charge in [-0.3, -0.25) is 24.4 Å². The molecule has 1 saturated heterocycles. The first-order chi connectivity index (χ1) is 16.8. The number of amides is 2. The van der Waals surface area contributed by atoms with E-state index in [1.807, 2.05) is 12.1 Å². The van der Waals surface area contributed by atoms with Crippen LogP contribution in [-0.4, -0.2) is 69.6 Å². The fourth-order valence-electron chi connectivity index (χ4n) is 4.27. The van der Waals surface area contributed by atoms with Crippen molar-refractivity contribution in [3.05, 3.63) is 86.7 Å². The predicted octanol–water partition coefficient (Wildman–Crippen LogP) is 3.06. The highest BCUT2D eigenvalue weighted by Crippen LogP contribution is 2.23. The van der Waals surface area contributed by atoms with E-state index < -0.39 is 4.92 Å². The number of hydrogen-bond donors (Lipinski definition) is 0. The zero-order valence-electron chi connectivity index (χ0n) is 19.9. The number of aromatic nitrogens is 2. The molecule has 3 aromatic rings. The molecule has 182 valence electrons. The summed E-state index contributed by atoms with van der Waals surface area (Å²) in [5, 5.41) is 15.5. The summed E-state index contributed by atoms with van der Waals surface area (Å²) in [4.78, 5) is 40.1. The second-order valence-corrected chi connectivity index (χ2v) is 8.45. The number of methoxy groups -OCH3 is 1. The third-order valence-electron chi connectivity index (χ3n) is 6.23. The van der Waals surface area contributed by atoms with Gasteiger partial charge >= 0.3 is 5.69 Å². The van der Waals surface area contributed by atoms with Crippen molar-refractivity contribution >= 4 is 17.5 Å². The van der Waals surface area contributed by atoms with Gasteiger partial charge in [-0.1, -0.05) is 18.2 Å². The van der Waals surface area contributed by atoms with E-state index in [-0.39, 0.29) is 17.5 Å². The lowest BCUT2D eigenvalue weighted by atomic mass is 10.1. The van der Waals surface area contributed by atoms with E-state index in [9.17, 15) is 19.7 Å². The molecule has 0 saturated carbocycles. The van der Waals surface area contributed by atoms with E-state index in [1.165, 1.54) is 0 Å². The number of carbonyl (C=O) groups is 2. The average Bonchev–Trinajstić information content (AvgIpc) is 3.16. The number of hydrogen-bond acceptors (Lipinski definition) is 6. The zero-order valence-corrected chi connectivity index (χ0v) is 19.9. The number of aryl methyl sites for hydroxylation is 1. The molecule has 4 rings (SSSR count). The van der Waals surface area contributed by atoms with Crippen LogP contribution < -0.4 is 4.74 Å². The minimum Gasteiger partial charge on any atom is -0.497 e. The van der Waals surface area contributed by atoms with Gasteiger partial charge in [-0.2, -0.15) is 5.10 Å². The largest absolute Gasteiger partial charge is 0.497 e. The molecule has 2 heterocycles. The van der Waals surface area contributed by atoms with Crippen LogP contribution in [0.25, 0.3) is 0 Å². The summed E-state index contributed by atoms with van der Waals surface area (Å²) < 4.78 is 6.80. The van der Waals surface area contributed by atoms with Crippen molar-refractivity contribution in [1.82, 2.24) is 19.6 Å². The molecule has 1 fully saturated rings. The lowest BCUT2D eigenvalue weighted by Gasteiger charge is -2.35. The molecule has 0 unspecified atom stereocenters. The second kappa shape index (κ2) is 9.96. The molecule has 0 atom stereocenters. The molecule has 2 amide bonds. The molecule has 0 bridgehead atoms. The molecular formula is C25H27N5O5. The first-order valence-electron chi connectivity index (χ1n) is 11.3. The maximum atomic E-state index is 13.0. The van der Waals surface area contributed by atoms with Crippen LogP contribution in [-0.2, 0) is 6.54 Å². The van der Waals surface area contributed by atoms with Crippen molar-refractivity contribution in [3.63, 3.8) is 0 Å². The summed E-state index contributed by atoms with van der Waals surface area (Å²) in [7, 11) is 1.56. The van der Waals surface area contributed by atoms with Gasteiger partial charge in [0, 0.05) is 37.3 Å². The molecule has 35 heavy (non-hydrogen) atoms. The minimum atomic E-state index is -0.417. The maximum absolute atomic E-state index is 13.0. The van der Waals surface area contributed by atoms with Gasteiger partial charge in [-0.15, -0.1) is 0 Å². The van der Waals surface area contributed by atoms with Crippen molar-refractivity contribution in [1.29, 1.82) is 0 Å². The molecule has 0 spiro atoms. The van der Waals surface area contributed by atoms with Gasteiger partial charge in [0.25, 0.3) is 11.8 Å². The highest BCUT2D eigenvalue weighted by atomic mass is 16.6. The number of carbonyl (C=O) groups excluding carboxylic acids is 2. The molecule has 1 aromatic heterocycles. The number of nitro groups is 1. The van der Waals surface area contributed by atoms with Gasteiger partial charge in [0.05, 0.1) is 18.6 Å². The second-order valence-electron chi connectivity index (χ2n) is 8.45. The van der Waals surface area contributed by atoms with Gasteiger partial charge < -0.3 is 14.5 Å². The molecule has 10 nitrogen and oxygen atoms in total. The van der Waals surface area contributed by atoms with Gasteiger partial charge in [-0.25, -0.2) is 0 Å². The summed E-state index contributed by atoms with van der Waals surface area (Å²) in [5.41, 5.74) is 2.90. The predicted molar refractivity (Wildman–Crippen MR) is 129 cm³/mol. The first kappa shape index (κ1) is 23.9. The minimum absolute atomic E-state index is 0.0285. The number of benzene rings is 2. The van der Waals surface area contributed by atoms with Crippen molar-refractivity contribution in [2.75, 3.05) is 33.3 Å². The Balaban J connectivity index is 1.36. The Hall–Kier alpha value is -4.21. The molecule has 0 N–H and O–H groups in total. The number of nitrogens with zero attached hydrogens (tertiary/aromatic N) is 5. The van der Waals surface area contributed by atoms with E-state index >= 15 is 0 Å².